The average molecular weight is 426 g/mol. The number of hydrogen-bond donors (Lipinski definition) is 10. The van der Waals surface area contributed by atoms with E-state index in [1.165, 1.54) is 6.92 Å². The Morgan fingerprint density at radius 1 is 0.862 bits per heavy atom. The molecule has 15 heteroatoms. The first-order valence-corrected chi connectivity index (χ1v) is 8.03. The highest BCUT2D eigenvalue weighted by atomic mass is 16.4. The maximum absolute atomic E-state index is 10.2. The van der Waals surface area contributed by atoms with Crippen molar-refractivity contribution in [3.05, 3.63) is 0 Å². The van der Waals surface area contributed by atoms with Crippen molar-refractivity contribution in [1.29, 1.82) is 0 Å². The molecule has 0 rings (SSSR count). The summed E-state index contributed by atoms with van der Waals surface area (Å²) < 4.78 is 0. The van der Waals surface area contributed by atoms with Gasteiger partial charge in [0.05, 0.1) is 12.5 Å². The zero-order valence-corrected chi connectivity index (χ0v) is 15.8. The first-order chi connectivity index (χ1) is 13.1. The van der Waals surface area contributed by atoms with Gasteiger partial charge in [-0.15, -0.1) is 0 Å². The molecule has 0 aromatic carbocycles. The lowest BCUT2D eigenvalue weighted by molar-refractivity contribution is -0.144. The molecule has 29 heavy (non-hydrogen) atoms. The van der Waals surface area contributed by atoms with Crippen LogP contribution in [0.3, 0.4) is 0 Å². The van der Waals surface area contributed by atoms with Crippen LogP contribution >= 0.6 is 0 Å². The maximum Gasteiger partial charge on any atom is 0.323 e. The van der Waals surface area contributed by atoms with Crippen LogP contribution < -0.4 is 28.7 Å². The molecule has 0 fully saturated rings. The standard InChI is InChI=1S/C6H14N4O2.C4H7NO4.C4H9NO3/c7-4(5(11)12)2-1-3-10-6(8)9;5-2(4(8)9)1-3(6)7;1-2(6)3(5)4(7)8/h4H,1-3,7H2,(H,11,12)(H4,8,9,10);2H,1,5H2,(H,6,7)(H,8,9);2-3,6H,5H2,1H3,(H,7,8)/t4-;2-;2-,3+/m001/s1. The van der Waals surface area contributed by atoms with Crippen molar-refractivity contribution in [2.45, 2.75) is 50.4 Å². The Morgan fingerprint density at radius 2 is 1.31 bits per heavy atom. The van der Waals surface area contributed by atoms with Crippen LogP contribution in [0.4, 0.5) is 0 Å². The smallest absolute Gasteiger partial charge is 0.323 e. The quantitative estimate of drug-likeness (QED) is 0.0906. The normalized spacial score (nSPS) is 13.7. The van der Waals surface area contributed by atoms with E-state index in [0.717, 1.165) is 0 Å². The van der Waals surface area contributed by atoms with Gasteiger partial charge in [-0.2, -0.15) is 0 Å². The summed E-state index contributed by atoms with van der Waals surface area (Å²) in [4.78, 5) is 43.4. The molecule has 0 aliphatic carbocycles. The molecule has 0 aliphatic heterocycles. The fourth-order valence-electron chi connectivity index (χ4n) is 1.12. The number of nitrogens with zero attached hydrogens (tertiary/aromatic N) is 1. The molecule has 0 aliphatic rings. The number of nitrogens with two attached hydrogens (primary N) is 5. The predicted octanol–water partition coefficient (Wildman–Crippen LogP) is -3.90. The number of carboxylic acids is 4. The highest BCUT2D eigenvalue weighted by molar-refractivity contribution is 5.80. The van der Waals surface area contributed by atoms with E-state index in [9.17, 15) is 19.2 Å². The van der Waals surface area contributed by atoms with Gasteiger partial charge in [0.15, 0.2) is 5.96 Å². The third-order valence-electron chi connectivity index (χ3n) is 2.80. The molecule has 0 saturated carbocycles. The minimum Gasteiger partial charge on any atom is -0.481 e. The Balaban J connectivity index is -0.000000359. The van der Waals surface area contributed by atoms with E-state index in [2.05, 4.69) is 4.99 Å². The number of aliphatic carboxylic acids is 4. The first kappa shape index (κ1) is 30.7. The highest BCUT2D eigenvalue weighted by Crippen LogP contribution is 1.94. The number of aliphatic hydroxyl groups excluding tert-OH is 1. The molecule has 0 saturated heterocycles. The zero-order valence-electron chi connectivity index (χ0n) is 15.8. The van der Waals surface area contributed by atoms with E-state index in [4.69, 9.17) is 54.2 Å². The predicted molar refractivity (Wildman–Crippen MR) is 101 cm³/mol. The molecule has 0 spiro atoms. The fraction of sp³-hybridized carbons (Fsp3) is 0.643. The van der Waals surface area contributed by atoms with Crippen molar-refractivity contribution in [2.75, 3.05) is 6.54 Å². The van der Waals surface area contributed by atoms with Crippen molar-refractivity contribution in [3.8, 4) is 0 Å². The number of rotatable bonds is 10. The van der Waals surface area contributed by atoms with Gasteiger partial charge in [-0.05, 0) is 19.8 Å². The summed E-state index contributed by atoms with van der Waals surface area (Å²) in [5.41, 5.74) is 25.1. The maximum atomic E-state index is 10.2. The number of guanidine groups is 1. The summed E-state index contributed by atoms with van der Waals surface area (Å²) in [5, 5.41) is 41.0. The van der Waals surface area contributed by atoms with Gasteiger partial charge in [0, 0.05) is 6.54 Å². The molecule has 15 N–H and O–H groups in total. The molecular formula is C14H30N6O9. The van der Waals surface area contributed by atoms with Crippen LogP contribution in [0.25, 0.3) is 0 Å². The second kappa shape index (κ2) is 17.1. The molecular weight excluding hydrogens is 396 g/mol. The minimum absolute atomic E-state index is 0.0129. The van der Waals surface area contributed by atoms with E-state index in [-0.39, 0.29) is 5.96 Å². The summed E-state index contributed by atoms with van der Waals surface area (Å²) in [7, 11) is 0. The minimum atomic E-state index is -1.29. The fourth-order valence-corrected chi connectivity index (χ4v) is 1.12. The van der Waals surface area contributed by atoms with Crippen molar-refractivity contribution in [1.82, 2.24) is 0 Å². The largest absolute Gasteiger partial charge is 0.481 e. The lowest BCUT2D eigenvalue weighted by Crippen LogP contribution is -2.39. The number of aliphatic hydroxyl groups is 1. The molecule has 0 amide bonds. The van der Waals surface area contributed by atoms with Gasteiger partial charge in [0.1, 0.15) is 18.1 Å². The molecule has 170 valence electrons. The van der Waals surface area contributed by atoms with Gasteiger partial charge in [-0.3, -0.25) is 24.2 Å². The van der Waals surface area contributed by atoms with Crippen molar-refractivity contribution < 1.29 is 44.7 Å². The van der Waals surface area contributed by atoms with E-state index in [0.29, 0.717) is 19.4 Å². The van der Waals surface area contributed by atoms with Gasteiger partial charge < -0.3 is 54.2 Å². The molecule has 15 nitrogen and oxygen atoms in total. The summed E-state index contributed by atoms with van der Waals surface area (Å²) in [6, 6.07) is -3.27. The summed E-state index contributed by atoms with van der Waals surface area (Å²) >= 11 is 0. The molecule has 0 unspecified atom stereocenters. The zero-order chi connectivity index (χ0) is 23.7. The molecule has 0 radical (unpaired) electrons. The van der Waals surface area contributed by atoms with E-state index in [1.54, 1.807) is 0 Å². The van der Waals surface area contributed by atoms with Crippen LogP contribution in [0.2, 0.25) is 0 Å². The first-order valence-electron chi connectivity index (χ1n) is 8.03. The van der Waals surface area contributed by atoms with Crippen molar-refractivity contribution in [3.63, 3.8) is 0 Å². The van der Waals surface area contributed by atoms with E-state index < -0.39 is 54.5 Å². The molecule has 0 bridgehead atoms. The lowest BCUT2D eigenvalue weighted by atomic mass is 10.2. The Kier molecular flexibility index (Phi) is 18.1. The number of carbonyl (C=O) groups is 4. The Hall–Kier alpha value is -3.01. The lowest BCUT2D eigenvalue weighted by Gasteiger charge is -2.06. The van der Waals surface area contributed by atoms with Crippen LogP contribution in [0.15, 0.2) is 4.99 Å². The van der Waals surface area contributed by atoms with Gasteiger partial charge >= 0.3 is 23.9 Å². The third kappa shape index (κ3) is 23.0. The van der Waals surface area contributed by atoms with Crippen LogP contribution in [0.1, 0.15) is 26.2 Å². The monoisotopic (exact) mass is 426 g/mol. The second-order valence-corrected chi connectivity index (χ2v) is 5.54. The summed E-state index contributed by atoms with van der Waals surface area (Å²) in [6.07, 6.45) is -0.556. The summed E-state index contributed by atoms with van der Waals surface area (Å²) in [5.74, 6) is -4.67. The van der Waals surface area contributed by atoms with Gasteiger partial charge in [0.2, 0.25) is 0 Å². The van der Waals surface area contributed by atoms with Crippen LogP contribution in [-0.4, -0.2) is 86.1 Å². The highest BCUT2D eigenvalue weighted by Gasteiger charge is 2.16. The number of hydrogen-bond acceptors (Lipinski definition) is 9. The van der Waals surface area contributed by atoms with Crippen molar-refractivity contribution in [2.24, 2.45) is 33.7 Å². The Morgan fingerprint density at radius 3 is 1.52 bits per heavy atom. The summed E-state index contributed by atoms with van der Waals surface area (Å²) in [6.45, 7) is 1.75. The van der Waals surface area contributed by atoms with Crippen LogP contribution in [0.5, 0.6) is 0 Å². The SMILES string of the molecule is C[C@@H](O)[C@H](N)C(=O)O.NC(N)=NCCC[C@H](N)C(=O)O.N[C@@H](CC(=O)O)C(=O)O. The second-order valence-electron chi connectivity index (χ2n) is 5.54. The molecule has 0 aromatic rings. The van der Waals surface area contributed by atoms with Gasteiger partial charge in [-0.1, -0.05) is 0 Å². The van der Waals surface area contributed by atoms with Gasteiger partial charge in [-0.25, -0.2) is 0 Å². The number of carboxylic acid groups (broad SMARTS) is 4. The average Bonchev–Trinajstić information content (AvgIpc) is 2.57. The Labute approximate surface area is 166 Å². The molecule has 0 heterocycles. The van der Waals surface area contributed by atoms with Crippen LogP contribution in [0, 0.1) is 0 Å². The third-order valence-corrected chi connectivity index (χ3v) is 2.80. The van der Waals surface area contributed by atoms with Crippen LogP contribution in [-0.2, 0) is 19.2 Å². The topological polar surface area (TPSA) is 312 Å². The Bertz CT molecular complexity index is 552. The number of aliphatic imine (C=N–C) groups is 1. The van der Waals surface area contributed by atoms with Gasteiger partial charge in [0.25, 0.3) is 0 Å². The van der Waals surface area contributed by atoms with E-state index >= 15 is 0 Å². The van der Waals surface area contributed by atoms with Crippen molar-refractivity contribution >= 4 is 29.8 Å². The van der Waals surface area contributed by atoms with E-state index in [1.807, 2.05) is 0 Å². The molecule has 0 aromatic heterocycles. The molecule has 4 atom stereocenters.